The predicted molar refractivity (Wildman–Crippen MR) is 93.8 cm³/mol. The summed E-state index contributed by atoms with van der Waals surface area (Å²) in [5.74, 6) is 0.290. The van der Waals surface area contributed by atoms with Gasteiger partial charge in [0.15, 0.2) is 0 Å². The first-order valence-electron chi connectivity index (χ1n) is 8.62. The van der Waals surface area contributed by atoms with Gasteiger partial charge in [0.1, 0.15) is 11.5 Å². The van der Waals surface area contributed by atoms with Crippen molar-refractivity contribution in [3.8, 4) is 0 Å². The molecule has 0 bridgehead atoms. The Morgan fingerprint density at radius 1 is 1.12 bits per heavy atom. The molecule has 1 aliphatic rings. The van der Waals surface area contributed by atoms with E-state index >= 15 is 0 Å². The number of Topliss-reactive ketones (excluding diaryl/α,β-unsaturated/α-hetero) is 1. The highest BCUT2D eigenvalue weighted by molar-refractivity contribution is 5.93. The van der Waals surface area contributed by atoms with Crippen LogP contribution in [0.15, 0.2) is 48.7 Å². The Kier molecular flexibility index (Phi) is 5.14. The molecule has 2 heterocycles. The Labute approximate surface area is 143 Å². The van der Waals surface area contributed by atoms with Crippen LogP contribution < -0.4 is 0 Å². The maximum absolute atomic E-state index is 12.6. The highest BCUT2D eigenvalue weighted by Gasteiger charge is 2.29. The van der Waals surface area contributed by atoms with Gasteiger partial charge in [0.25, 0.3) is 5.91 Å². The first kappa shape index (κ1) is 16.5. The molecule has 4 heteroatoms. The first-order valence-corrected chi connectivity index (χ1v) is 8.62. The number of hydrogen-bond acceptors (Lipinski definition) is 2. The van der Waals surface area contributed by atoms with Crippen LogP contribution in [0, 0.1) is 5.92 Å². The predicted octanol–water partition coefficient (Wildman–Crippen LogP) is 3.08. The van der Waals surface area contributed by atoms with Crippen LogP contribution in [0.1, 0.15) is 35.3 Å². The molecule has 0 N–H and O–H groups in total. The van der Waals surface area contributed by atoms with Gasteiger partial charge in [0.2, 0.25) is 0 Å². The Balaban J connectivity index is 1.58. The maximum atomic E-state index is 12.6. The molecule has 1 aromatic heterocycles. The third kappa shape index (κ3) is 3.75. The molecular weight excluding hydrogens is 300 g/mol. The van der Waals surface area contributed by atoms with Crippen molar-refractivity contribution in [3.05, 3.63) is 59.9 Å². The third-order valence-electron chi connectivity index (χ3n) is 4.83. The Bertz CT molecular complexity index is 705. The van der Waals surface area contributed by atoms with E-state index in [1.807, 2.05) is 53.0 Å². The number of amides is 1. The van der Waals surface area contributed by atoms with Gasteiger partial charge in [0, 0.05) is 38.7 Å². The number of hydrogen-bond donors (Lipinski definition) is 0. The molecule has 4 nitrogen and oxygen atoms in total. The molecule has 1 amide bonds. The summed E-state index contributed by atoms with van der Waals surface area (Å²) >= 11 is 0. The summed E-state index contributed by atoms with van der Waals surface area (Å²) in [5, 5.41) is 0. The Morgan fingerprint density at radius 3 is 2.62 bits per heavy atom. The summed E-state index contributed by atoms with van der Waals surface area (Å²) < 4.78 is 1.84. The molecule has 1 aromatic carbocycles. The van der Waals surface area contributed by atoms with Crippen molar-refractivity contribution in [1.29, 1.82) is 0 Å². The number of likely N-dealkylation sites (tertiary alicyclic amines) is 1. The van der Waals surface area contributed by atoms with Crippen LogP contribution in [0.5, 0.6) is 0 Å². The lowest BCUT2D eigenvalue weighted by atomic mass is 9.90. The second kappa shape index (κ2) is 7.47. The van der Waals surface area contributed by atoms with Crippen molar-refractivity contribution in [2.75, 3.05) is 13.1 Å². The Hall–Kier alpha value is -2.36. The lowest BCUT2D eigenvalue weighted by Crippen LogP contribution is -2.42. The third-order valence-corrected chi connectivity index (χ3v) is 4.83. The number of ketones is 1. The van der Waals surface area contributed by atoms with E-state index in [0.29, 0.717) is 18.7 Å². The minimum absolute atomic E-state index is 0.0216. The molecule has 1 saturated heterocycles. The van der Waals surface area contributed by atoms with Crippen LogP contribution in [-0.4, -0.2) is 34.2 Å². The van der Waals surface area contributed by atoms with Crippen molar-refractivity contribution >= 4 is 11.7 Å². The van der Waals surface area contributed by atoms with Gasteiger partial charge in [-0.1, -0.05) is 30.3 Å². The van der Waals surface area contributed by atoms with Crippen LogP contribution >= 0.6 is 0 Å². The van der Waals surface area contributed by atoms with Crippen molar-refractivity contribution in [2.24, 2.45) is 13.0 Å². The maximum Gasteiger partial charge on any atom is 0.270 e. The number of aromatic nitrogens is 1. The zero-order valence-electron chi connectivity index (χ0n) is 14.1. The number of benzene rings is 1. The first-order chi connectivity index (χ1) is 11.6. The van der Waals surface area contributed by atoms with Gasteiger partial charge >= 0.3 is 0 Å². The summed E-state index contributed by atoms with van der Waals surface area (Å²) in [6, 6.07) is 13.8. The van der Waals surface area contributed by atoms with E-state index in [-0.39, 0.29) is 17.6 Å². The van der Waals surface area contributed by atoms with Gasteiger partial charge in [-0.25, -0.2) is 0 Å². The SMILES string of the molecule is Cn1cccc1C(=O)N1CCCC(C(=O)CCc2ccccc2)C1. The van der Waals surface area contributed by atoms with Gasteiger partial charge < -0.3 is 9.47 Å². The van der Waals surface area contributed by atoms with Crippen LogP contribution in [0.25, 0.3) is 0 Å². The summed E-state index contributed by atoms with van der Waals surface area (Å²) in [6.45, 7) is 1.30. The fourth-order valence-electron chi connectivity index (χ4n) is 3.39. The topological polar surface area (TPSA) is 42.3 Å². The standard InChI is InChI=1S/C20H24N2O2/c1-21-13-6-10-18(21)20(24)22-14-5-9-17(15-22)19(23)12-11-16-7-3-2-4-8-16/h2-4,6-8,10,13,17H,5,9,11-12,14-15H2,1H3. The lowest BCUT2D eigenvalue weighted by Gasteiger charge is -2.32. The van der Waals surface area contributed by atoms with E-state index in [0.717, 1.165) is 25.8 Å². The molecule has 0 spiro atoms. The van der Waals surface area contributed by atoms with Crippen molar-refractivity contribution < 1.29 is 9.59 Å². The van der Waals surface area contributed by atoms with E-state index in [1.165, 1.54) is 5.56 Å². The van der Waals surface area contributed by atoms with E-state index in [1.54, 1.807) is 0 Å². The largest absolute Gasteiger partial charge is 0.347 e. The average Bonchev–Trinajstić information content (AvgIpc) is 3.06. The molecule has 1 aliphatic heterocycles. The quantitative estimate of drug-likeness (QED) is 0.848. The Morgan fingerprint density at radius 2 is 1.92 bits per heavy atom. The lowest BCUT2D eigenvalue weighted by molar-refractivity contribution is -0.124. The summed E-state index contributed by atoms with van der Waals surface area (Å²) in [5.41, 5.74) is 1.88. The molecule has 2 aromatic rings. The van der Waals surface area contributed by atoms with Crippen molar-refractivity contribution in [2.45, 2.75) is 25.7 Å². The molecule has 0 saturated carbocycles. The zero-order valence-corrected chi connectivity index (χ0v) is 14.1. The van der Waals surface area contributed by atoms with Crippen LogP contribution in [0.2, 0.25) is 0 Å². The van der Waals surface area contributed by atoms with Crippen LogP contribution in [0.4, 0.5) is 0 Å². The highest BCUT2D eigenvalue weighted by atomic mass is 16.2. The molecule has 126 valence electrons. The number of piperidine rings is 1. The molecule has 24 heavy (non-hydrogen) atoms. The minimum atomic E-state index is -0.0216. The fraction of sp³-hybridized carbons (Fsp3) is 0.400. The van der Waals surface area contributed by atoms with Gasteiger partial charge in [-0.05, 0) is 37.0 Å². The summed E-state index contributed by atoms with van der Waals surface area (Å²) in [7, 11) is 1.87. The molecule has 3 rings (SSSR count). The van der Waals surface area contributed by atoms with Crippen molar-refractivity contribution in [1.82, 2.24) is 9.47 Å². The molecule has 0 radical (unpaired) electrons. The smallest absolute Gasteiger partial charge is 0.270 e. The molecule has 0 aliphatic carbocycles. The van der Waals surface area contributed by atoms with Crippen molar-refractivity contribution in [3.63, 3.8) is 0 Å². The molecule has 1 fully saturated rings. The van der Waals surface area contributed by atoms with E-state index < -0.39 is 0 Å². The average molecular weight is 324 g/mol. The number of nitrogens with zero attached hydrogens (tertiary/aromatic N) is 2. The highest BCUT2D eigenvalue weighted by Crippen LogP contribution is 2.21. The van der Waals surface area contributed by atoms with Crippen LogP contribution in [-0.2, 0) is 18.3 Å². The second-order valence-corrected chi connectivity index (χ2v) is 6.55. The fourth-order valence-corrected chi connectivity index (χ4v) is 3.39. The summed E-state index contributed by atoms with van der Waals surface area (Å²) in [6.07, 6.45) is 5.00. The summed E-state index contributed by atoms with van der Waals surface area (Å²) in [4.78, 5) is 27.0. The molecule has 1 atom stereocenters. The van der Waals surface area contributed by atoms with Gasteiger partial charge in [0.05, 0.1) is 0 Å². The number of carbonyl (C=O) groups is 2. The van der Waals surface area contributed by atoms with Gasteiger partial charge in [-0.15, -0.1) is 0 Å². The normalized spacial score (nSPS) is 17.7. The number of aryl methyl sites for hydroxylation is 2. The molecule has 1 unspecified atom stereocenters. The van der Waals surface area contributed by atoms with Crippen LogP contribution in [0.3, 0.4) is 0 Å². The van der Waals surface area contributed by atoms with E-state index in [9.17, 15) is 9.59 Å². The zero-order chi connectivity index (χ0) is 16.9. The minimum Gasteiger partial charge on any atom is -0.347 e. The monoisotopic (exact) mass is 324 g/mol. The van der Waals surface area contributed by atoms with Gasteiger partial charge in [-0.2, -0.15) is 0 Å². The van der Waals surface area contributed by atoms with Gasteiger partial charge in [-0.3, -0.25) is 9.59 Å². The number of carbonyl (C=O) groups excluding carboxylic acids is 2. The van der Waals surface area contributed by atoms with E-state index in [2.05, 4.69) is 12.1 Å². The second-order valence-electron chi connectivity index (χ2n) is 6.55. The molecular formula is C20H24N2O2. The van der Waals surface area contributed by atoms with E-state index in [4.69, 9.17) is 0 Å². The number of rotatable bonds is 5.